The van der Waals surface area contributed by atoms with Gasteiger partial charge in [-0.05, 0) is 88.6 Å². The van der Waals surface area contributed by atoms with E-state index in [0.717, 1.165) is 11.3 Å². The smallest absolute Gasteiger partial charge is 0.266 e. The highest BCUT2D eigenvalue weighted by Crippen LogP contribution is 2.40. The molecule has 0 unspecified atom stereocenters. The van der Waals surface area contributed by atoms with Crippen molar-refractivity contribution < 1.29 is 14.3 Å². The lowest BCUT2D eigenvalue weighted by atomic mass is 10.1. The Hall–Kier alpha value is -2.40. The Morgan fingerprint density at radius 2 is 2.00 bits per heavy atom. The molecule has 5 nitrogen and oxygen atoms in total. The fraction of sp³-hybridized carbons (Fsp3) is 0.280. The van der Waals surface area contributed by atoms with Crippen molar-refractivity contribution in [2.24, 2.45) is 10.9 Å². The molecule has 1 aliphatic heterocycles. The van der Waals surface area contributed by atoms with Crippen molar-refractivity contribution in [3.8, 4) is 23.8 Å². The van der Waals surface area contributed by atoms with E-state index in [0.29, 0.717) is 44.2 Å². The molecule has 172 valence electrons. The van der Waals surface area contributed by atoms with Crippen LogP contribution in [0.4, 0.5) is 5.69 Å². The van der Waals surface area contributed by atoms with E-state index < -0.39 is 0 Å². The van der Waals surface area contributed by atoms with Gasteiger partial charge >= 0.3 is 0 Å². The molecular weight excluding hydrogens is 524 g/mol. The van der Waals surface area contributed by atoms with Gasteiger partial charge in [0.25, 0.3) is 5.91 Å². The van der Waals surface area contributed by atoms with E-state index in [4.69, 9.17) is 32.5 Å². The van der Waals surface area contributed by atoms with Gasteiger partial charge < -0.3 is 9.47 Å². The number of hydrogen-bond acceptors (Lipinski definition) is 5. The molecule has 0 aliphatic carbocycles. The van der Waals surface area contributed by atoms with Gasteiger partial charge in [-0.2, -0.15) is 0 Å². The first-order chi connectivity index (χ1) is 15.8. The average Bonchev–Trinajstić information content (AvgIpc) is 3.03. The summed E-state index contributed by atoms with van der Waals surface area (Å²) in [4.78, 5) is 20.2. The van der Waals surface area contributed by atoms with Gasteiger partial charge in [-0.1, -0.05) is 31.4 Å². The SMILES string of the molecule is C#CCOc1c(Br)cc(/C=C2\SC(=Nc3ccc(Cl)cc3)N(CC(C)C)C2=O)cc1OCC. The average molecular weight is 548 g/mol. The molecule has 0 radical (unpaired) electrons. The van der Waals surface area contributed by atoms with E-state index >= 15 is 0 Å². The van der Waals surface area contributed by atoms with Crippen LogP contribution < -0.4 is 9.47 Å². The van der Waals surface area contributed by atoms with Crippen molar-refractivity contribution in [3.63, 3.8) is 0 Å². The highest BCUT2D eigenvalue weighted by Gasteiger charge is 2.33. The lowest BCUT2D eigenvalue weighted by molar-refractivity contribution is -0.122. The van der Waals surface area contributed by atoms with Crippen LogP contribution in [0.25, 0.3) is 6.08 Å². The van der Waals surface area contributed by atoms with Gasteiger partial charge in [0, 0.05) is 11.6 Å². The number of amidine groups is 1. The maximum Gasteiger partial charge on any atom is 0.266 e. The van der Waals surface area contributed by atoms with Gasteiger partial charge in [0.05, 0.1) is 21.7 Å². The molecule has 0 N–H and O–H groups in total. The zero-order valence-electron chi connectivity index (χ0n) is 18.6. The molecule has 1 saturated heterocycles. The Bertz CT molecular complexity index is 1120. The molecule has 8 heteroatoms. The van der Waals surface area contributed by atoms with Gasteiger partial charge in [0.1, 0.15) is 6.61 Å². The van der Waals surface area contributed by atoms with Crippen molar-refractivity contribution >= 4 is 62.1 Å². The summed E-state index contributed by atoms with van der Waals surface area (Å²) in [5.41, 5.74) is 1.53. The maximum absolute atomic E-state index is 13.2. The largest absolute Gasteiger partial charge is 0.490 e. The zero-order chi connectivity index (χ0) is 24.0. The third-order valence-electron chi connectivity index (χ3n) is 4.42. The van der Waals surface area contributed by atoms with Crippen molar-refractivity contribution in [2.75, 3.05) is 19.8 Å². The monoisotopic (exact) mass is 546 g/mol. The number of hydrogen-bond donors (Lipinski definition) is 0. The predicted molar refractivity (Wildman–Crippen MR) is 140 cm³/mol. The lowest BCUT2D eigenvalue weighted by Gasteiger charge is -2.17. The summed E-state index contributed by atoms with van der Waals surface area (Å²) in [5, 5.41) is 1.28. The standard InChI is InChI=1S/C25H24BrClN2O3S/c1-5-11-32-23-20(26)12-17(13-21(23)31-6-2)14-22-24(30)29(15-16(3)4)25(33-22)28-19-9-7-18(27)8-10-19/h1,7-10,12-14,16H,6,11,15H2,2-4H3/b22-14-,28-25?. The van der Waals surface area contributed by atoms with Crippen molar-refractivity contribution in [2.45, 2.75) is 20.8 Å². The quantitative estimate of drug-likeness (QED) is 0.270. The Kier molecular flexibility index (Phi) is 8.90. The van der Waals surface area contributed by atoms with Gasteiger partial charge in [0.2, 0.25) is 0 Å². The summed E-state index contributed by atoms with van der Waals surface area (Å²) in [5.74, 6) is 3.75. The summed E-state index contributed by atoms with van der Waals surface area (Å²) in [6.45, 7) is 7.20. The number of carbonyl (C=O) groups is 1. The van der Waals surface area contributed by atoms with Crippen LogP contribution in [0.3, 0.4) is 0 Å². The van der Waals surface area contributed by atoms with E-state index in [1.807, 2.05) is 37.3 Å². The first-order valence-electron chi connectivity index (χ1n) is 10.4. The number of terminal acetylenes is 1. The number of thioether (sulfide) groups is 1. The first kappa shape index (κ1) is 25.2. The number of nitrogens with zero attached hydrogens (tertiary/aromatic N) is 2. The number of ether oxygens (including phenoxy) is 2. The molecule has 0 saturated carbocycles. The van der Waals surface area contributed by atoms with E-state index in [9.17, 15) is 4.79 Å². The van der Waals surface area contributed by atoms with Crippen molar-refractivity contribution in [3.05, 3.63) is 56.4 Å². The molecule has 2 aromatic carbocycles. The molecule has 1 heterocycles. The molecule has 1 amide bonds. The minimum atomic E-state index is -0.0804. The van der Waals surface area contributed by atoms with Crippen LogP contribution in [-0.4, -0.2) is 35.7 Å². The number of halogens is 2. The number of rotatable bonds is 8. The zero-order valence-corrected chi connectivity index (χ0v) is 21.8. The number of benzene rings is 2. The lowest BCUT2D eigenvalue weighted by Crippen LogP contribution is -2.32. The first-order valence-corrected chi connectivity index (χ1v) is 12.4. The molecule has 0 atom stereocenters. The molecule has 1 fully saturated rings. The van der Waals surface area contributed by atoms with Gasteiger partial charge in [0.15, 0.2) is 16.7 Å². The second-order valence-electron chi connectivity index (χ2n) is 7.55. The Labute approximate surface area is 212 Å². The Balaban J connectivity index is 1.98. The van der Waals surface area contributed by atoms with Crippen molar-refractivity contribution in [1.29, 1.82) is 0 Å². The van der Waals surface area contributed by atoms with Crippen LogP contribution in [-0.2, 0) is 4.79 Å². The normalized spacial score (nSPS) is 16.0. The van der Waals surface area contributed by atoms with Crippen molar-refractivity contribution in [1.82, 2.24) is 4.90 Å². The Morgan fingerprint density at radius 1 is 1.27 bits per heavy atom. The maximum atomic E-state index is 13.2. The summed E-state index contributed by atoms with van der Waals surface area (Å²) in [6.07, 6.45) is 7.16. The summed E-state index contributed by atoms with van der Waals surface area (Å²) >= 11 is 10.9. The fourth-order valence-electron chi connectivity index (χ4n) is 3.08. The highest BCUT2D eigenvalue weighted by atomic mass is 79.9. The topological polar surface area (TPSA) is 51.1 Å². The minimum absolute atomic E-state index is 0.0804. The number of carbonyl (C=O) groups excluding carboxylic acids is 1. The van der Waals surface area contributed by atoms with E-state index in [1.165, 1.54) is 11.8 Å². The summed E-state index contributed by atoms with van der Waals surface area (Å²) in [7, 11) is 0. The molecule has 33 heavy (non-hydrogen) atoms. The summed E-state index contributed by atoms with van der Waals surface area (Å²) in [6, 6.07) is 10.9. The van der Waals surface area contributed by atoms with E-state index in [2.05, 4.69) is 35.7 Å². The molecular formula is C25H24BrClN2O3S. The molecule has 0 spiro atoms. The molecule has 0 aromatic heterocycles. The van der Waals surface area contributed by atoms with Crippen LogP contribution >= 0.6 is 39.3 Å². The van der Waals surface area contributed by atoms with Crippen LogP contribution in [0.1, 0.15) is 26.3 Å². The van der Waals surface area contributed by atoms with Crippen LogP contribution in [0.15, 0.2) is 50.8 Å². The van der Waals surface area contributed by atoms with Crippen LogP contribution in [0.2, 0.25) is 5.02 Å². The van der Waals surface area contributed by atoms with Crippen LogP contribution in [0.5, 0.6) is 11.5 Å². The summed E-state index contributed by atoms with van der Waals surface area (Å²) < 4.78 is 12.1. The predicted octanol–water partition coefficient (Wildman–Crippen LogP) is 6.77. The fourth-order valence-corrected chi connectivity index (χ4v) is 4.79. The second kappa shape index (κ2) is 11.6. The second-order valence-corrected chi connectivity index (χ2v) is 9.85. The highest BCUT2D eigenvalue weighted by molar-refractivity contribution is 9.10. The Morgan fingerprint density at radius 3 is 2.64 bits per heavy atom. The molecule has 2 aromatic rings. The van der Waals surface area contributed by atoms with Gasteiger partial charge in [-0.3, -0.25) is 9.69 Å². The molecule has 3 rings (SSSR count). The van der Waals surface area contributed by atoms with E-state index in [-0.39, 0.29) is 18.4 Å². The third kappa shape index (κ3) is 6.57. The van der Waals surface area contributed by atoms with Gasteiger partial charge in [-0.25, -0.2) is 4.99 Å². The third-order valence-corrected chi connectivity index (χ3v) is 6.26. The molecule has 0 bridgehead atoms. The van der Waals surface area contributed by atoms with E-state index in [1.54, 1.807) is 17.0 Å². The number of amides is 1. The van der Waals surface area contributed by atoms with Crippen LogP contribution in [0, 0.1) is 18.3 Å². The molecule has 1 aliphatic rings. The van der Waals surface area contributed by atoms with Gasteiger partial charge in [-0.15, -0.1) is 6.42 Å². The minimum Gasteiger partial charge on any atom is -0.490 e. The number of aliphatic imine (C=N–C) groups is 1.